The maximum absolute atomic E-state index is 11.9. The normalized spacial score (nSPS) is 10.7. The molecule has 2 aromatic rings. The SMILES string of the molecule is COCOc1c(CCOC(C)=O)c(C(C)=O)cc2occ(O)c12. The largest absolute Gasteiger partial charge is 0.504 e. The molecule has 0 saturated heterocycles. The van der Waals surface area contributed by atoms with Gasteiger partial charge in [0.1, 0.15) is 23.0 Å². The summed E-state index contributed by atoms with van der Waals surface area (Å²) in [6.45, 7) is 2.74. The molecule has 7 nitrogen and oxygen atoms in total. The average molecular weight is 322 g/mol. The third kappa shape index (κ3) is 3.62. The van der Waals surface area contributed by atoms with Crippen molar-refractivity contribution in [3.8, 4) is 11.5 Å². The standard InChI is InChI=1S/C16H18O7/c1-9(17)12-6-14-15(13(19)7-22-14)16(23-8-20-3)11(12)4-5-21-10(2)18/h6-7,19H,4-5,8H2,1-3H3. The maximum atomic E-state index is 11.9. The molecule has 1 N–H and O–H groups in total. The van der Waals surface area contributed by atoms with E-state index in [0.29, 0.717) is 22.1 Å². The van der Waals surface area contributed by atoms with Crippen molar-refractivity contribution in [2.75, 3.05) is 20.5 Å². The number of fused-ring (bicyclic) bond motifs is 1. The number of aromatic hydroxyl groups is 1. The molecule has 0 aliphatic carbocycles. The molecular formula is C16H18O7. The van der Waals surface area contributed by atoms with Gasteiger partial charge in [0.05, 0.1) is 6.61 Å². The molecule has 23 heavy (non-hydrogen) atoms. The molecule has 1 aromatic carbocycles. The Morgan fingerprint density at radius 1 is 1.30 bits per heavy atom. The second-order valence-corrected chi connectivity index (χ2v) is 4.92. The van der Waals surface area contributed by atoms with Crippen molar-refractivity contribution in [3.63, 3.8) is 0 Å². The van der Waals surface area contributed by atoms with Gasteiger partial charge >= 0.3 is 5.97 Å². The molecule has 124 valence electrons. The van der Waals surface area contributed by atoms with Crippen LogP contribution in [-0.4, -0.2) is 37.4 Å². The lowest BCUT2D eigenvalue weighted by Gasteiger charge is -2.15. The van der Waals surface area contributed by atoms with Crippen molar-refractivity contribution < 1.29 is 33.3 Å². The summed E-state index contributed by atoms with van der Waals surface area (Å²) in [7, 11) is 1.46. The zero-order valence-electron chi connectivity index (χ0n) is 13.2. The quantitative estimate of drug-likeness (QED) is 0.475. The van der Waals surface area contributed by atoms with Crippen LogP contribution in [0.15, 0.2) is 16.7 Å². The molecule has 7 heteroatoms. The Labute approximate surface area is 132 Å². The second kappa shape index (κ2) is 7.15. The van der Waals surface area contributed by atoms with E-state index in [-0.39, 0.29) is 37.1 Å². The molecule has 0 unspecified atom stereocenters. The first-order valence-corrected chi connectivity index (χ1v) is 6.97. The number of hydrogen-bond acceptors (Lipinski definition) is 7. The highest BCUT2D eigenvalue weighted by atomic mass is 16.7. The van der Waals surface area contributed by atoms with E-state index in [9.17, 15) is 14.7 Å². The number of rotatable bonds is 7. The van der Waals surface area contributed by atoms with Crippen molar-refractivity contribution in [1.29, 1.82) is 0 Å². The summed E-state index contributed by atoms with van der Waals surface area (Å²) < 4.78 is 20.6. The molecule has 2 rings (SSSR count). The second-order valence-electron chi connectivity index (χ2n) is 4.92. The maximum Gasteiger partial charge on any atom is 0.302 e. The van der Waals surface area contributed by atoms with Crippen LogP contribution in [0.25, 0.3) is 11.0 Å². The van der Waals surface area contributed by atoms with Crippen LogP contribution in [0.3, 0.4) is 0 Å². The van der Waals surface area contributed by atoms with E-state index in [1.54, 1.807) is 6.07 Å². The summed E-state index contributed by atoms with van der Waals surface area (Å²) in [5.41, 5.74) is 1.24. The number of benzene rings is 1. The van der Waals surface area contributed by atoms with Gasteiger partial charge in [-0.2, -0.15) is 0 Å². The fourth-order valence-corrected chi connectivity index (χ4v) is 2.33. The van der Waals surface area contributed by atoms with Crippen LogP contribution in [-0.2, 0) is 20.7 Å². The predicted molar refractivity (Wildman–Crippen MR) is 80.7 cm³/mol. The summed E-state index contributed by atoms with van der Waals surface area (Å²) >= 11 is 0. The van der Waals surface area contributed by atoms with E-state index in [1.807, 2.05) is 0 Å². The van der Waals surface area contributed by atoms with Crippen molar-refractivity contribution in [1.82, 2.24) is 0 Å². The number of carbonyl (C=O) groups excluding carboxylic acids is 2. The molecule has 0 radical (unpaired) electrons. The van der Waals surface area contributed by atoms with Gasteiger partial charge in [0.2, 0.25) is 0 Å². The molecule has 1 aromatic heterocycles. The van der Waals surface area contributed by atoms with E-state index in [1.165, 1.54) is 27.2 Å². The van der Waals surface area contributed by atoms with E-state index < -0.39 is 5.97 Å². The third-order valence-corrected chi connectivity index (χ3v) is 3.26. The van der Waals surface area contributed by atoms with Crippen molar-refractivity contribution >= 4 is 22.7 Å². The predicted octanol–water partition coefficient (Wildman–Crippen LogP) is 2.43. The highest BCUT2D eigenvalue weighted by Crippen LogP contribution is 2.40. The lowest BCUT2D eigenvalue weighted by Crippen LogP contribution is -2.10. The number of ether oxygens (including phenoxy) is 3. The van der Waals surface area contributed by atoms with E-state index in [0.717, 1.165) is 0 Å². The minimum absolute atomic E-state index is 0.0678. The third-order valence-electron chi connectivity index (χ3n) is 3.26. The van der Waals surface area contributed by atoms with Crippen LogP contribution in [0, 0.1) is 0 Å². The Morgan fingerprint density at radius 3 is 2.65 bits per heavy atom. The molecule has 0 amide bonds. The molecule has 0 saturated carbocycles. The highest BCUT2D eigenvalue weighted by molar-refractivity contribution is 6.03. The minimum atomic E-state index is -0.416. The van der Waals surface area contributed by atoms with Gasteiger partial charge in [-0.3, -0.25) is 9.59 Å². The number of esters is 1. The zero-order valence-corrected chi connectivity index (χ0v) is 13.2. The monoisotopic (exact) mass is 322 g/mol. The van der Waals surface area contributed by atoms with Gasteiger partial charge in [0.15, 0.2) is 18.3 Å². The topological polar surface area (TPSA) is 95.2 Å². The van der Waals surface area contributed by atoms with Crippen molar-refractivity contribution in [3.05, 3.63) is 23.5 Å². The van der Waals surface area contributed by atoms with Gasteiger partial charge in [0.25, 0.3) is 0 Å². The first-order valence-electron chi connectivity index (χ1n) is 6.97. The average Bonchev–Trinajstić information content (AvgIpc) is 2.86. The first-order chi connectivity index (χ1) is 11.0. The van der Waals surface area contributed by atoms with E-state index in [4.69, 9.17) is 18.6 Å². The Bertz CT molecular complexity index is 730. The number of carbonyl (C=O) groups is 2. The first kappa shape index (κ1) is 16.8. The summed E-state index contributed by atoms with van der Waals surface area (Å²) in [5, 5.41) is 10.3. The summed E-state index contributed by atoms with van der Waals surface area (Å²) in [6.07, 6.45) is 1.43. The zero-order chi connectivity index (χ0) is 17.0. The lowest BCUT2D eigenvalue weighted by atomic mass is 9.98. The van der Waals surface area contributed by atoms with Crippen LogP contribution in [0.5, 0.6) is 11.5 Å². The fourth-order valence-electron chi connectivity index (χ4n) is 2.33. The van der Waals surface area contributed by atoms with Gasteiger partial charge in [-0.25, -0.2) is 0 Å². The fraction of sp³-hybridized carbons (Fsp3) is 0.375. The number of Topliss-reactive ketones (excluding diaryl/α,β-unsaturated/α-hetero) is 1. The Balaban J connectivity index is 2.56. The molecule has 0 aliphatic heterocycles. The molecule has 0 fully saturated rings. The molecule has 0 aliphatic rings. The number of furan rings is 1. The number of ketones is 1. The van der Waals surface area contributed by atoms with E-state index >= 15 is 0 Å². The van der Waals surface area contributed by atoms with Crippen molar-refractivity contribution in [2.45, 2.75) is 20.3 Å². The smallest absolute Gasteiger partial charge is 0.302 e. The van der Waals surface area contributed by atoms with Gasteiger partial charge in [-0.1, -0.05) is 0 Å². The minimum Gasteiger partial charge on any atom is -0.504 e. The van der Waals surface area contributed by atoms with Gasteiger partial charge in [-0.05, 0) is 13.0 Å². The number of methoxy groups -OCH3 is 1. The van der Waals surface area contributed by atoms with Crippen LogP contribution in [0.4, 0.5) is 0 Å². The van der Waals surface area contributed by atoms with Gasteiger partial charge < -0.3 is 23.7 Å². The lowest BCUT2D eigenvalue weighted by molar-refractivity contribution is -0.140. The molecule has 0 bridgehead atoms. The molecule has 1 heterocycles. The summed E-state index contributed by atoms with van der Waals surface area (Å²) in [5.74, 6) is -0.424. The molecule has 0 spiro atoms. The van der Waals surface area contributed by atoms with Crippen LogP contribution >= 0.6 is 0 Å². The molecular weight excluding hydrogens is 304 g/mol. The Kier molecular flexibility index (Phi) is 5.23. The van der Waals surface area contributed by atoms with E-state index in [2.05, 4.69) is 0 Å². The van der Waals surface area contributed by atoms with Gasteiger partial charge in [-0.15, -0.1) is 0 Å². The van der Waals surface area contributed by atoms with Gasteiger partial charge in [0, 0.05) is 31.6 Å². The number of hydrogen-bond donors (Lipinski definition) is 1. The summed E-state index contributed by atoms with van der Waals surface area (Å²) in [6, 6.07) is 1.54. The Hall–Kier alpha value is -2.54. The summed E-state index contributed by atoms with van der Waals surface area (Å²) in [4.78, 5) is 22.9. The van der Waals surface area contributed by atoms with Crippen LogP contribution in [0.2, 0.25) is 0 Å². The van der Waals surface area contributed by atoms with Crippen molar-refractivity contribution in [2.24, 2.45) is 0 Å². The molecule has 0 atom stereocenters. The Morgan fingerprint density at radius 2 is 2.04 bits per heavy atom. The van der Waals surface area contributed by atoms with Crippen LogP contribution < -0.4 is 4.74 Å². The van der Waals surface area contributed by atoms with Crippen LogP contribution in [0.1, 0.15) is 29.8 Å². The highest BCUT2D eigenvalue weighted by Gasteiger charge is 2.22.